The third-order valence-corrected chi connectivity index (χ3v) is 20.7. The second-order valence-corrected chi connectivity index (χ2v) is 27.1. The summed E-state index contributed by atoms with van der Waals surface area (Å²) in [5.41, 5.74) is 1.55. The molecule has 5 aliphatic heterocycles. The van der Waals surface area contributed by atoms with Crippen LogP contribution in [0, 0.1) is 0 Å². The number of allylic oxidation sites excluding steroid dienone is 1. The third kappa shape index (κ3) is 13.0. The molecule has 0 saturated carbocycles. The number of nitrogens with zero attached hydrogens (tertiary/aromatic N) is 7. The van der Waals surface area contributed by atoms with Crippen molar-refractivity contribution in [1.29, 1.82) is 0 Å². The summed E-state index contributed by atoms with van der Waals surface area (Å²) in [5.74, 6) is -8.61. The van der Waals surface area contributed by atoms with Gasteiger partial charge in [0.1, 0.15) is 115 Å². The average molecular weight is 1410 g/mol. The van der Waals surface area contributed by atoms with E-state index in [2.05, 4.69) is 48.1 Å². The third-order valence-electron chi connectivity index (χ3n) is 16.0. The van der Waals surface area contributed by atoms with Gasteiger partial charge in [-0.25, -0.2) is 34.5 Å². The first-order chi connectivity index (χ1) is 45.8. The van der Waals surface area contributed by atoms with Crippen molar-refractivity contribution in [3.63, 3.8) is 0 Å². The van der Waals surface area contributed by atoms with Crippen LogP contribution < -0.4 is 37.4 Å². The topological polar surface area (TPSA) is 464 Å². The number of carbonyl (C=O) groups is 8. The molecule has 11 heterocycles. The van der Waals surface area contributed by atoms with Crippen molar-refractivity contribution in [3.8, 4) is 27.8 Å². The number of thioether (sulfide) groups is 1. The second kappa shape index (κ2) is 26.8. The highest BCUT2D eigenvalue weighted by Gasteiger charge is 2.49. The van der Waals surface area contributed by atoms with E-state index < -0.39 is 157 Å². The Balaban J connectivity index is 1.04. The summed E-state index contributed by atoms with van der Waals surface area (Å²) in [4.78, 5) is 141. The normalized spacial score (nSPS) is 25.8. The van der Waals surface area contributed by atoms with Crippen LogP contribution in [0.2, 0.25) is 0 Å². The van der Waals surface area contributed by atoms with Gasteiger partial charge in [-0.1, -0.05) is 30.5 Å². The lowest BCUT2D eigenvalue weighted by atomic mass is 9.89. The van der Waals surface area contributed by atoms with Gasteiger partial charge in [0.15, 0.2) is 18.1 Å². The first-order valence-electron chi connectivity index (χ1n) is 29.0. The molecule has 0 spiro atoms. The number of amides is 6. The van der Waals surface area contributed by atoms with E-state index in [0.29, 0.717) is 4.73 Å². The number of carbonyl (C=O) groups excluding carboxylic acids is 8. The number of nitrogens with one attached hydrogen (secondary N) is 5. The summed E-state index contributed by atoms with van der Waals surface area (Å²) in [6.07, 6.45) is -9.77. The largest absolute Gasteiger partial charge is 0.871 e. The van der Waals surface area contributed by atoms with Gasteiger partial charge in [0.05, 0.1) is 48.4 Å². The highest BCUT2D eigenvalue weighted by Crippen LogP contribution is 2.41. The fourth-order valence-electron chi connectivity index (χ4n) is 10.9. The van der Waals surface area contributed by atoms with Gasteiger partial charge in [-0.05, 0) is 39.3 Å². The van der Waals surface area contributed by atoms with Gasteiger partial charge in [-0.2, -0.15) is 4.73 Å². The zero-order valence-corrected chi connectivity index (χ0v) is 54.9. The molecular weight excluding hydrogens is 1360 g/mol. The van der Waals surface area contributed by atoms with Crippen molar-refractivity contribution in [3.05, 3.63) is 118 Å². The quantitative estimate of drug-likeness (QED) is 0.0449. The summed E-state index contributed by atoms with van der Waals surface area (Å²) < 4.78 is 37.4. The van der Waals surface area contributed by atoms with E-state index in [9.17, 15) is 59.2 Å². The number of cyclic esters (lactones) is 2. The summed E-state index contributed by atoms with van der Waals surface area (Å²) in [7, 11) is 1.29. The van der Waals surface area contributed by atoms with E-state index in [1.165, 1.54) is 74.5 Å². The van der Waals surface area contributed by atoms with Crippen LogP contribution in [-0.4, -0.2) is 177 Å². The van der Waals surface area contributed by atoms with Crippen molar-refractivity contribution in [1.82, 2.24) is 56.2 Å². The number of fused-ring (bicyclic) bond motifs is 14. The molecule has 96 heavy (non-hydrogen) atoms. The van der Waals surface area contributed by atoms with Crippen LogP contribution in [0.25, 0.3) is 38.7 Å². The molecule has 6 amide bonds. The Kier molecular flexibility index (Phi) is 18.7. The SMILES string of the molecule is C=C(NC(=O)c1csc(-c2nc3c(cc2[O-])C2=NC(CS2)C(=O)N[C@@H]([C@@H](C)O)C(=O)N/C(=C(\C)OC)c2nc(cs2)C(=O)N[C@@H]2c4nc(cs4)C(=O)N[C@@H](COC(=O)c4c5c6c(cccc6n4O)COC(=O)[C@@H](O[C@H]4C[C@](C)(O)[C@H](O)[C@H](C)O4)[C@H]2OC5)c2nc-3cs2)n1)C(N)=O. The molecule has 1 unspecified atom stereocenters. The van der Waals surface area contributed by atoms with E-state index in [1.807, 2.05) is 0 Å². The fraction of sp³-hybridized carbons (Fsp3) is 0.356. The Labute approximate surface area is 561 Å². The van der Waals surface area contributed by atoms with Crippen molar-refractivity contribution >= 4 is 126 Å². The smallest absolute Gasteiger partial charge is 0.358 e. The minimum absolute atomic E-state index is 0.0201. The number of thiazole rings is 4. The highest BCUT2D eigenvalue weighted by molar-refractivity contribution is 8.14. The van der Waals surface area contributed by atoms with Crippen LogP contribution in [0.5, 0.6) is 5.75 Å². The van der Waals surface area contributed by atoms with E-state index in [0.717, 1.165) is 57.1 Å². The van der Waals surface area contributed by atoms with Crippen molar-refractivity contribution < 1.29 is 92.4 Å². The number of methoxy groups -OCH3 is 1. The zero-order chi connectivity index (χ0) is 68.3. The van der Waals surface area contributed by atoms with E-state index in [1.54, 1.807) is 6.07 Å². The molecule has 6 aromatic heterocycles. The molecule has 11 N–H and O–H groups in total. The van der Waals surface area contributed by atoms with Gasteiger partial charge >= 0.3 is 11.9 Å². The van der Waals surface area contributed by atoms with Gasteiger partial charge in [0.25, 0.3) is 23.6 Å². The molecule has 32 nitrogen and oxygen atoms in total. The van der Waals surface area contributed by atoms with E-state index in [-0.39, 0.29) is 104 Å². The van der Waals surface area contributed by atoms with E-state index in [4.69, 9.17) is 49.1 Å². The Hall–Kier alpha value is -9.15. The number of hydrogen-bond acceptors (Lipinski definition) is 30. The first-order valence-corrected chi connectivity index (χ1v) is 33.5. The summed E-state index contributed by atoms with van der Waals surface area (Å²) in [6, 6.07) is -0.252. The molecule has 11 atom stereocenters. The molecule has 502 valence electrons. The number of aliphatic hydroxyl groups excluding tert-OH is 2. The van der Waals surface area contributed by atoms with Crippen LogP contribution in [0.15, 0.2) is 68.8 Å². The minimum atomic E-state index is -1.98. The Morgan fingerprint density at radius 2 is 1.64 bits per heavy atom. The van der Waals surface area contributed by atoms with Gasteiger partial charge < -0.3 is 86.4 Å². The maximum absolute atomic E-state index is 15.1. The Bertz CT molecular complexity index is 4440. The van der Waals surface area contributed by atoms with Gasteiger partial charge in [-0.15, -0.1) is 57.1 Å². The van der Waals surface area contributed by atoms with E-state index >= 15 is 4.79 Å². The lowest BCUT2D eigenvalue weighted by Crippen LogP contribution is -2.57. The number of nitrogens with two attached hydrogens (primary N) is 1. The number of hydrogen-bond donors (Lipinski definition) is 10. The lowest BCUT2D eigenvalue weighted by molar-refractivity contribution is -0.292. The Morgan fingerprint density at radius 3 is 2.39 bits per heavy atom. The average Bonchev–Trinajstić information content (AvgIpc) is 1.58. The molecule has 0 radical (unpaired) electrons. The van der Waals surface area contributed by atoms with Crippen molar-refractivity contribution in [2.75, 3.05) is 19.5 Å². The monoisotopic (exact) mass is 1410 g/mol. The van der Waals surface area contributed by atoms with Gasteiger partial charge in [0, 0.05) is 50.2 Å². The zero-order valence-electron chi connectivity index (χ0n) is 50.8. The van der Waals surface area contributed by atoms with Crippen LogP contribution in [0.4, 0.5) is 0 Å². The maximum atomic E-state index is 15.1. The minimum Gasteiger partial charge on any atom is -0.871 e. The van der Waals surface area contributed by atoms with Crippen molar-refractivity contribution in [2.24, 2.45) is 10.7 Å². The standard InChI is InChI=1S/C59H57N13O19S5/c1-20(46(60)76)61-47(77)29-17-95-55(66-29)40-34(74)10-25-39(68-40)28-15-93-53(63-28)27-14-89-57(82)42-26-13-87-43(44(91-35-11-59(5,84)45(75)23(4)90-35)58(83)88-12-24-8-7-9-33(36(24)26)72(42)85)41(56-67-30(18-96-56)48(78)62-27)71-50(80)32-19-94-54(65-32)38(22(3)86-6)70-51(81)37(21(2)73)69-49(79)31-16-92-52(25)64-31/h7-10,15,17-19,21,23,27,31,35,37,41,43-45,73-75,84-85H,1,11-14,16H2,2-6H3,(H2,60,76)(H,61,77)(H,62,78)(H,69,79)(H,70,81)(H,71,80)/p-1/b38-22+/t21-,23+,27+,31?,35+,37+,41+,43+,44+,45-,59+/m1/s1. The van der Waals surface area contributed by atoms with Crippen LogP contribution in [0.3, 0.4) is 0 Å². The molecule has 1 saturated heterocycles. The predicted octanol–water partition coefficient (Wildman–Crippen LogP) is 1.82. The molecule has 37 heteroatoms. The molecule has 1 fully saturated rings. The number of aromatic nitrogens is 6. The van der Waals surface area contributed by atoms with Crippen LogP contribution in [0.1, 0.15) is 120 Å². The van der Waals surface area contributed by atoms with Gasteiger partial charge in [-0.3, -0.25) is 33.8 Å². The van der Waals surface area contributed by atoms with Gasteiger partial charge in [0.2, 0.25) is 11.8 Å². The first kappa shape index (κ1) is 66.9. The maximum Gasteiger partial charge on any atom is 0.358 e. The summed E-state index contributed by atoms with van der Waals surface area (Å²) >= 11 is 4.49. The highest BCUT2D eigenvalue weighted by atomic mass is 32.2. The molecule has 12 bridgehead atoms. The fourth-order valence-corrected chi connectivity index (χ4v) is 15.3. The number of pyridine rings is 1. The second-order valence-electron chi connectivity index (χ2n) is 22.6. The molecule has 0 aliphatic carbocycles. The number of aliphatic imine (C=N–C) groups is 1. The number of ether oxygens (including phenoxy) is 6. The van der Waals surface area contributed by atoms with Crippen LogP contribution in [-0.2, 0) is 60.8 Å². The number of esters is 2. The van der Waals surface area contributed by atoms with Crippen LogP contribution >= 0.6 is 57.1 Å². The molecule has 5 aliphatic rings. The summed E-state index contributed by atoms with van der Waals surface area (Å²) in [5, 5.41) is 78.6. The molecule has 7 aromatic rings. The number of aliphatic hydroxyl groups is 3. The number of rotatable bonds is 8. The molecule has 1 aromatic carbocycles. The number of benzene rings is 1. The summed E-state index contributed by atoms with van der Waals surface area (Å²) in [6.45, 7) is 7.08. The predicted molar refractivity (Wildman–Crippen MR) is 339 cm³/mol. The Morgan fingerprint density at radius 1 is 0.917 bits per heavy atom. The molecule has 12 rings (SSSR count). The van der Waals surface area contributed by atoms with Crippen molar-refractivity contribution in [2.45, 2.75) is 114 Å². The lowest BCUT2D eigenvalue weighted by Gasteiger charge is -2.43. The molecular formula is C59H56N13O19S5-. The number of primary amides is 1.